The van der Waals surface area contributed by atoms with Crippen molar-refractivity contribution in [3.8, 4) is 0 Å². The Balaban J connectivity index is 2.07. The van der Waals surface area contributed by atoms with Gasteiger partial charge in [0.15, 0.2) is 0 Å². The smallest absolute Gasteiger partial charge is 0.312 e. The summed E-state index contributed by atoms with van der Waals surface area (Å²) in [6.45, 7) is 4.69. The first-order valence-electron chi connectivity index (χ1n) is 6.93. The van der Waals surface area contributed by atoms with Crippen molar-refractivity contribution in [1.29, 1.82) is 0 Å². The molecule has 0 heterocycles. The van der Waals surface area contributed by atoms with Crippen LogP contribution in [0.2, 0.25) is 0 Å². The molecule has 2 bridgehead atoms. The van der Waals surface area contributed by atoms with Crippen molar-refractivity contribution < 1.29 is 9.53 Å². The molecular weight excluding hydrogens is 214 g/mol. The SMILES string of the molecule is CCOC(=O)C12CCC(C(C)NC)(CC1)CC2. The number of carbonyl (C=O) groups excluding carboxylic acids is 1. The highest BCUT2D eigenvalue weighted by atomic mass is 16.5. The van der Waals surface area contributed by atoms with Gasteiger partial charge < -0.3 is 10.1 Å². The highest BCUT2D eigenvalue weighted by Gasteiger charge is 2.54. The zero-order valence-electron chi connectivity index (χ0n) is 11.3. The minimum absolute atomic E-state index is 0.0606. The molecule has 0 spiro atoms. The van der Waals surface area contributed by atoms with Gasteiger partial charge in [0.25, 0.3) is 0 Å². The molecule has 0 aliphatic heterocycles. The fraction of sp³-hybridized carbons (Fsp3) is 0.929. The fourth-order valence-electron chi connectivity index (χ4n) is 3.76. The molecule has 3 heteroatoms. The van der Waals surface area contributed by atoms with Crippen molar-refractivity contribution in [2.75, 3.05) is 13.7 Å². The summed E-state index contributed by atoms with van der Waals surface area (Å²) in [7, 11) is 2.04. The van der Waals surface area contributed by atoms with E-state index in [-0.39, 0.29) is 11.4 Å². The van der Waals surface area contributed by atoms with Gasteiger partial charge in [-0.1, -0.05) is 0 Å². The minimum Gasteiger partial charge on any atom is -0.466 e. The van der Waals surface area contributed by atoms with E-state index in [2.05, 4.69) is 12.2 Å². The van der Waals surface area contributed by atoms with Gasteiger partial charge in [-0.25, -0.2) is 0 Å². The lowest BCUT2D eigenvalue weighted by molar-refractivity contribution is -0.166. The lowest BCUT2D eigenvalue weighted by atomic mass is 9.52. The van der Waals surface area contributed by atoms with Crippen LogP contribution in [0.25, 0.3) is 0 Å². The second-order valence-electron chi connectivity index (χ2n) is 5.87. The molecule has 3 aliphatic carbocycles. The van der Waals surface area contributed by atoms with Crippen molar-refractivity contribution in [2.45, 2.75) is 58.4 Å². The molecule has 98 valence electrons. The van der Waals surface area contributed by atoms with Gasteiger partial charge in [-0.05, 0) is 64.8 Å². The predicted molar refractivity (Wildman–Crippen MR) is 67.7 cm³/mol. The first-order chi connectivity index (χ1) is 8.08. The van der Waals surface area contributed by atoms with Crippen LogP contribution in [0.4, 0.5) is 0 Å². The molecule has 0 radical (unpaired) electrons. The van der Waals surface area contributed by atoms with Crippen LogP contribution in [0.3, 0.4) is 0 Å². The van der Waals surface area contributed by atoms with Crippen molar-refractivity contribution in [1.82, 2.24) is 5.32 Å². The van der Waals surface area contributed by atoms with Crippen molar-refractivity contribution in [3.63, 3.8) is 0 Å². The zero-order valence-corrected chi connectivity index (χ0v) is 11.3. The molecule has 0 saturated heterocycles. The summed E-state index contributed by atoms with van der Waals surface area (Å²) in [6, 6.07) is 0.558. The van der Waals surface area contributed by atoms with Crippen molar-refractivity contribution in [3.05, 3.63) is 0 Å². The summed E-state index contributed by atoms with van der Waals surface area (Å²) in [5.41, 5.74) is 0.300. The Morgan fingerprint density at radius 1 is 1.24 bits per heavy atom. The molecule has 3 aliphatic rings. The minimum atomic E-state index is -0.134. The third kappa shape index (κ3) is 1.99. The van der Waals surface area contributed by atoms with Crippen molar-refractivity contribution in [2.24, 2.45) is 10.8 Å². The van der Waals surface area contributed by atoms with Gasteiger partial charge in [-0.15, -0.1) is 0 Å². The lowest BCUT2D eigenvalue weighted by Crippen LogP contribution is -2.53. The Hall–Kier alpha value is -0.570. The van der Waals surface area contributed by atoms with E-state index in [1.54, 1.807) is 0 Å². The molecule has 0 amide bonds. The first-order valence-corrected chi connectivity index (χ1v) is 6.93. The number of carbonyl (C=O) groups is 1. The molecular formula is C14H25NO2. The standard InChI is InChI=1S/C14H25NO2/c1-4-17-12(16)14-8-5-13(6-9-14,7-10-14)11(2)15-3/h11,15H,4-10H2,1-3H3. The molecule has 3 nitrogen and oxygen atoms in total. The molecule has 0 aromatic heterocycles. The van der Waals surface area contributed by atoms with Crippen LogP contribution in [0.15, 0.2) is 0 Å². The van der Waals surface area contributed by atoms with Crippen LogP contribution in [0, 0.1) is 10.8 Å². The van der Waals surface area contributed by atoms with E-state index in [0.29, 0.717) is 18.1 Å². The summed E-state index contributed by atoms with van der Waals surface area (Å²) in [6.07, 6.45) is 6.60. The number of fused-ring (bicyclic) bond motifs is 3. The van der Waals surface area contributed by atoms with Crippen LogP contribution in [-0.2, 0) is 9.53 Å². The van der Waals surface area contributed by atoms with Gasteiger partial charge in [-0.2, -0.15) is 0 Å². The third-order valence-corrected chi connectivity index (χ3v) is 5.36. The summed E-state index contributed by atoms with van der Waals surface area (Å²) >= 11 is 0. The average Bonchev–Trinajstić information content (AvgIpc) is 2.40. The molecule has 1 unspecified atom stereocenters. The number of esters is 1. The summed E-state index contributed by atoms with van der Waals surface area (Å²) in [5.74, 6) is 0.0606. The number of hydrogen-bond acceptors (Lipinski definition) is 3. The molecule has 0 aromatic rings. The molecule has 1 N–H and O–H groups in total. The van der Waals surface area contributed by atoms with Gasteiger partial charge in [0.1, 0.15) is 0 Å². The van der Waals surface area contributed by atoms with Crippen LogP contribution in [0.5, 0.6) is 0 Å². The first kappa shape index (κ1) is 12.9. The van der Waals surface area contributed by atoms with Crippen LogP contribution in [0.1, 0.15) is 52.4 Å². The van der Waals surface area contributed by atoms with E-state index < -0.39 is 0 Å². The monoisotopic (exact) mass is 239 g/mol. The van der Waals surface area contributed by atoms with E-state index in [1.807, 2.05) is 14.0 Å². The summed E-state index contributed by atoms with van der Waals surface area (Å²) in [5, 5.41) is 3.40. The van der Waals surface area contributed by atoms with Gasteiger partial charge in [0.05, 0.1) is 12.0 Å². The van der Waals surface area contributed by atoms with Gasteiger partial charge in [-0.3, -0.25) is 4.79 Å². The van der Waals surface area contributed by atoms with Gasteiger partial charge >= 0.3 is 5.97 Å². The van der Waals surface area contributed by atoms with E-state index in [0.717, 1.165) is 19.3 Å². The normalized spacial score (nSPS) is 37.8. The quantitative estimate of drug-likeness (QED) is 0.766. The van der Waals surface area contributed by atoms with Gasteiger partial charge in [0.2, 0.25) is 0 Å². The second kappa shape index (κ2) is 4.60. The molecule has 3 fully saturated rings. The topological polar surface area (TPSA) is 38.3 Å². The number of nitrogens with one attached hydrogen (secondary N) is 1. The van der Waals surface area contributed by atoms with E-state index in [1.165, 1.54) is 19.3 Å². The fourth-order valence-corrected chi connectivity index (χ4v) is 3.76. The van der Waals surface area contributed by atoms with Crippen LogP contribution in [-0.4, -0.2) is 25.7 Å². The largest absolute Gasteiger partial charge is 0.466 e. The Labute approximate surface area is 104 Å². The molecule has 3 saturated carbocycles. The Kier molecular flexibility index (Phi) is 3.48. The van der Waals surface area contributed by atoms with Crippen molar-refractivity contribution >= 4 is 5.97 Å². The molecule has 17 heavy (non-hydrogen) atoms. The van der Waals surface area contributed by atoms with Gasteiger partial charge in [0, 0.05) is 6.04 Å². The third-order valence-electron chi connectivity index (χ3n) is 5.36. The van der Waals surface area contributed by atoms with E-state index in [4.69, 9.17) is 4.74 Å². The maximum atomic E-state index is 12.1. The summed E-state index contributed by atoms with van der Waals surface area (Å²) in [4.78, 5) is 12.1. The Morgan fingerprint density at radius 2 is 1.76 bits per heavy atom. The second-order valence-corrected chi connectivity index (χ2v) is 5.87. The number of hydrogen-bond donors (Lipinski definition) is 1. The van der Waals surface area contributed by atoms with Crippen LogP contribution < -0.4 is 5.32 Å². The predicted octanol–water partition coefficient (Wildman–Crippen LogP) is 2.50. The Morgan fingerprint density at radius 3 is 2.18 bits per heavy atom. The lowest BCUT2D eigenvalue weighted by Gasteiger charge is -2.54. The van der Waals surface area contributed by atoms with Crippen LogP contribution >= 0.6 is 0 Å². The Bertz CT molecular complexity index is 276. The zero-order chi connectivity index (χ0) is 12.5. The van der Waals surface area contributed by atoms with E-state index >= 15 is 0 Å². The highest BCUT2D eigenvalue weighted by Crippen LogP contribution is 2.58. The maximum absolute atomic E-state index is 12.1. The summed E-state index contributed by atoms with van der Waals surface area (Å²) < 4.78 is 5.27. The molecule has 3 rings (SSSR count). The van der Waals surface area contributed by atoms with E-state index in [9.17, 15) is 4.79 Å². The highest BCUT2D eigenvalue weighted by molar-refractivity contribution is 5.77. The number of ether oxygens (including phenoxy) is 1. The molecule has 0 aromatic carbocycles. The maximum Gasteiger partial charge on any atom is 0.312 e. The average molecular weight is 239 g/mol. The number of rotatable bonds is 4. The molecule has 1 atom stereocenters.